The third kappa shape index (κ3) is 15.2. The topological polar surface area (TPSA) is 235 Å². The molecule has 0 radical (unpaired) electrons. The van der Waals surface area contributed by atoms with Crippen LogP contribution in [-0.2, 0) is 20.8 Å². The van der Waals surface area contributed by atoms with Gasteiger partial charge in [0.15, 0.2) is 0 Å². The number of benzene rings is 3. The maximum absolute atomic E-state index is 13.8. The number of hydrogen-bond acceptors (Lipinski definition) is 10. The number of anilines is 1. The molecule has 0 saturated heterocycles. The Morgan fingerprint density at radius 3 is 1.95 bits per heavy atom. The second-order valence-electron chi connectivity index (χ2n) is 15.7. The Bertz CT molecular complexity index is 2100. The first-order chi connectivity index (χ1) is 29.3. The van der Waals surface area contributed by atoms with Gasteiger partial charge >= 0.3 is 18.2 Å². The van der Waals surface area contributed by atoms with Gasteiger partial charge in [0.05, 0.1) is 6.04 Å². The van der Waals surface area contributed by atoms with E-state index >= 15 is 0 Å². The molecule has 4 aromatic rings. The van der Waals surface area contributed by atoms with E-state index in [0.717, 1.165) is 53.7 Å². The van der Waals surface area contributed by atoms with E-state index < -0.39 is 24.3 Å². The first-order valence-electron chi connectivity index (χ1n) is 19.8. The Kier molecular flexibility index (Phi) is 17.5. The van der Waals surface area contributed by atoms with Crippen LogP contribution in [0.3, 0.4) is 0 Å². The van der Waals surface area contributed by atoms with Gasteiger partial charge in [0, 0.05) is 48.8 Å². The fourth-order valence-electron chi connectivity index (χ4n) is 7.06. The number of amides is 4. The summed E-state index contributed by atoms with van der Waals surface area (Å²) in [6.45, 7) is 3.80. The minimum atomic E-state index is -5.08. The van der Waals surface area contributed by atoms with E-state index in [0.29, 0.717) is 36.5 Å². The lowest BCUT2D eigenvalue weighted by molar-refractivity contribution is -0.192. The van der Waals surface area contributed by atoms with Crippen molar-refractivity contribution in [2.24, 2.45) is 11.8 Å². The molecule has 0 spiro atoms. The second kappa shape index (κ2) is 22.4. The van der Waals surface area contributed by atoms with Crippen LogP contribution in [-0.4, -0.2) is 137 Å². The molecule has 1 heterocycles. The smallest absolute Gasteiger partial charge is 0.475 e. The van der Waals surface area contributed by atoms with E-state index in [-0.39, 0.29) is 42.0 Å². The van der Waals surface area contributed by atoms with E-state index in [1.165, 1.54) is 0 Å². The Morgan fingerprint density at radius 2 is 1.44 bits per heavy atom. The van der Waals surface area contributed by atoms with E-state index in [9.17, 15) is 32.3 Å². The van der Waals surface area contributed by atoms with Crippen molar-refractivity contribution in [2.75, 3.05) is 53.1 Å². The molecule has 1 aliphatic rings. The summed E-state index contributed by atoms with van der Waals surface area (Å²) < 4.78 is 31.7. The van der Waals surface area contributed by atoms with Gasteiger partial charge in [0.2, 0.25) is 17.6 Å². The van der Waals surface area contributed by atoms with Crippen LogP contribution >= 0.6 is 0 Å². The van der Waals surface area contributed by atoms with E-state index in [1.807, 2.05) is 77.6 Å². The fourth-order valence-corrected chi connectivity index (χ4v) is 7.06. The molecule has 20 heteroatoms. The summed E-state index contributed by atoms with van der Waals surface area (Å²) in [5.74, 6) is -3.08. The van der Waals surface area contributed by atoms with Crippen molar-refractivity contribution in [1.29, 1.82) is 0 Å². The number of aromatic nitrogens is 4. The van der Waals surface area contributed by atoms with Crippen LogP contribution in [0.5, 0.6) is 0 Å². The van der Waals surface area contributed by atoms with Gasteiger partial charge in [-0.1, -0.05) is 30.3 Å². The molecule has 7 N–H and O–H groups in total. The zero-order chi connectivity index (χ0) is 45.6. The minimum Gasteiger partial charge on any atom is -0.475 e. The maximum Gasteiger partial charge on any atom is 0.490 e. The molecule has 334 valence electrons. The van der Waals surface area contributed by atoms with Crippen LogP contribution < -0.4 is 21.3 Å². The number of tetrazole rings is 1. The fraction of sp³-hybridized carbons (Fsp3) is 0.429. The number of alkyl halides is 3. The second-order valence-corrected chi connectivity index (χ2v) is 15.7. The van der Waals surface area contributed by atoms with Gasteiger partial charge in [-0.2, -0.15) is 18.4 Å². The molecule has 0 unspecified atom stereocenters. The van der Waals surface area contributed by atoms with Crippen molar-refractivity contribution < 1.29 is 47.4 Å². The lowest BCUT2D eigenvalue weighted by Gasteiger charge is -2.29. The van der Waals surface area contributed by atoms with Crippen molar-refractivity contribution in [1.82, 2.24) is 46.4 Å². The monoisotopic (exact) mass is 866 g/mol. The lowest BCUT2D eigenvalue weighted by atomic mass is 9.81. The molecule has 62 heavy (non-hydrogen) atoms. The van der Waals surface area contributed by atoms with Crippen molar-refractivity contribution in [3.05, 3.63) is 83.4 Å². The lowest BCUT2D eigenvalue weighted by Crippen LogP contribution is -2.48. The summed E-state index contributed by atoms with van der Waals surface area (Å²) in [4.78, 5) is 64.5. The van der Waals surface area contributed by atoms with Crippen LogP contribution in [0.4, 0.5) is 23.7 Å². The maximum atomic E-state index is 13.8. The van der Waals surface area contributed by atoms with Crippen LogP contribution in [0.2, 0.25) is 0 Å². The molecular weight excluding hydrogens is 814 g/mol. The van der Waals surface area contributed by atoms with E-state index in [1.54, 1.807) is 24.3 Å². The number of hydrogen-bond donors (Lipinski definition) is 7. The SMILES string of the molecule is Cc1cc(C(=O)NC(CN(C)C)CN(C)C)ccc1-c1ccc(C[C@H](NC(=O)[C@H]2CC[C@H](CNC(=O)O)CC2)C(=O)Nc2ccc(-c3nn[nH]n3)cc2)cc1.O=C(O)C(F)(F)F. The molecule has 1 fully saturated rings. The number of likely N-dealkylation sites (N-methyl/N-ethyl adjacent to an activating group) is 2. The van der Waals surface area contributed by atoms with Crippen LogP contribution in [0, 0.1) is 18.8 Å². The summed E-state index contributed by atoms with van der Waals surface area (Å²) in [6.07, 6.45) is -3.20. The van der Waals surface area contributed by atoms with E-state index in [4.69, 9.17) is 15.0 Å². The predicted molar refractivity (Wildman–Crippen MR) is 224 cm³/mol. The first kappa shape index (κ1) is 48.3. The molecular formula is C42H53F3N10O7. The molecule has 0 aliphatic heterocycles. The summed E-state index contributed by atoms with van der Waals surface area (Å²) >= 11 is 0. The van der Waals surface area contributed by atoms with Crippen LogP contribution in [0.1, 0.15) is 47.2 Å². The number of H-pyrrole nitrogens is 1. The zero-order valence-electron chi connectivity index (χ0n) is 35.1. The molecule has 4 amide bonds. The summed E-state index contributed by atoms with van der Waals surface area (Å²) in [5.41, 5.74) is 5.65. The third-order valence-electron chi connectivity index (χ3n) is 10.1. The average molecular weight is 867 g/mol. The Hall–Kier alpha value is -6.41. The molecule has 3 aromatic carbocycles. The van der Waals surface area contributed by atoms with Crippen LogP contribution in [0.15, 0.2) is 66.7 Å². The van der Waals surface area contributed by atoms with Gasteiger partial charge in [0.1, 0.15) is 6.04 Å². The number of nitrogens with zero attached hydrogens (tertiary/aromatic N) is 5. The highest BCUT2D eigenvalue weighted by atomic mass is 19.4. The van der Waals surface area contributed by atoms with Crippen molar-refractivity contribution in [3.63, 3.8) is 0 Å². The first-order valence-corrected chi connectivity index (χ1v) is 19.8. The summed E-state index contributed by atoms with van der Waals surface area (Å²) in [5, 5.41) is 41.7. The number of aliphatic carboxylic acids is 1. The number of halogens is 3. The molecule has 1 aliphatic carbocycles. The summed E-state index contributed by atoms with van der Waals surface area (Å²) in [7, 11) is 7.96. The normalized spacial score (nSPS) is 15.6. The number of nitrogens with one attached hydrogen (secondary N) is 5. The average Bonchev–Trinajstić information content (AvgIpc) is 3.75. The van der Waals surface area contributed by atoms with Crippen molar-refractivity contribution in [3.8, 4) is 22.5 Å². The van der Waals surface area contributed by atoms with Gasteiger partial charge in [-0.3, -0.25) is 14.4 Å². The zero-order valence-corrected chi connectivity index (χ0v) is 35.1. The third-order valence-corrected chi connectivity index (χ3v) is 10.1. The van der Waals surface area contributed by atoms with Gasteiger partial charge in [0.25, 0.3) is 5.91 Å². The van der Waals surface area contributed by atoms with Gasteiger partial charge in [-0.15, -0.1) is 10.2 Å². The molecule has 17 nitrogen and oxygen atoms in total. The highest BCUT2D eigenvalue weighted by Gasteiger charge is 2.38. The molecule has 0 bridgehead atoms. The number of carboxylic acid groups (broad SMARTS) is 2. The molecule has 1 saturated carbocycles. The van der Waals surface area contributed by atoms with Gasteiger partial charge in [-0.25, -0.2) is 9.59 Å². The number of carboxylic acids is 1. The molecule has 1 aromatic heterocycles. The number of rotatable bonds is 16. The minimum absolute atomic E-state index is 0.0213. The number of aryl methyl sites for hydroxylation is 1. The van der Waals surface area contributed by atoms with Gasteiger partial charge in [-0.05, 0) is 131 Å². The molecule has 5 rings (SSSR count). The number of carbonyl (C=O) groups is 5. The number of carbonyl (C=O) groups excluding carboxylic acids is 3. The van der Waals surface area contributed by atoms with Crippen LogP contribution in [0.25, 0.3) is 22.5 Å². The van der Waals surface area contributed by atoms with Crippen molar-refractivity contribution in [2.45, 2.75) is 57.3 Å². The Labute approximate surface area is 356 Å². The predicted octanol–water partition coefficient (Wildman–Crippen LogP) is 4.44. The van der Waals surface area contributed by atoms with Crippen molar-refractivity contribution >= 4 is 35.5 Å². The standard InChI is InChI=1S/C40H52N10O5.C2HF3O2/c1-25-20-31(38(52)43-33(23-49(2)3)24-50(4)5)16-19-34(25)28-10-6-26(7-11-28)21-35(44-37(51)30-12-8-27(9-13-30)22-41-40(54)55)39(53)42-32-17-14-29(15-18-32)36-45-47-48-46-36;3-2(4,5)1(6)7/h6-7,10-11,14-20,27,30,33,35,41H,8-9,12-13,21-24H2,1-5H3,(H,42,53)(H,43,52)(H,44,51)(H,54,55)(H,45,46,47,48);(H,6,7)/t27-,30-,35-;/m0./s1. The number of aromatic amines is 1. The van der Waals surface area contributed by atoms with E-state index in [2.05, 4.69) is 51.7 Å². The largest absolute Gasteiger partial charge is 0.490 e. The highest BCUT2D eigenvalue weighted by molar-refractivity contribution is 5.98. The summed E-state index contributed by atoms with van der Waals surface area (Å²) in [6, 6.07) is 19.7. The highest BCUT2D eigenvalue weighted by Crippen LogP contribution is 2.29. The Balaban J connectivity index is 0.00000111. The van der Waals surface area contributed by atoms with Gasteiger partial charge < -0.3 is 41.3 Å². The molecule has 1 atom stereocenters. The Morgan fingerprint density at radius 1 is 0.839 bits per heavy atom. The quantitative estimate of drug-likeness (QED) is 0.0829.